The van der Waals surface area contributed by atoms with Crippen molar-refractivity contribution in [2.24, 2.45) is 5.41 Å². The summed E-state index contributed by atoms with van der Waals surface area (Å²) in [5, 5.41) is 10.8. The van der Waals surface area contributed by atoms with Crippen LogP contribution in [0.3, 0.4) is 0 Å². The number of carbonyl (C=O) groups excluding carboxylic acids is 1. The smallest absolute Gasteiger partial charge is 0.138 e. The topological polar surface area (TPSA) is 60.7 Å². The molecule has 0 spiro atoms. The Balaban J connectivity index is 1.90. The highest BCUT2D eigenvalue weighted by Crippen LogP contribution is 2.49. The van der Waals surface area contributed by atoms with E-state index in [0.29, 0.717) is 5.78 Å². The summed E-state index contributed by atoms with van der Waals surface area (Å²) in [5.74, 6) is 0.306. The molecule has 0 atom stereocenters. The molecule has 1 heterocycles. The summed E-state index contributed by atoms with van der Waals surface area (Å²) in [7, 11) is 0. The Morgan fingerprint density at radius 2 is 2.38 bits per heavy atom. The zero-order valence-electron chi connectivity index (χ0n) is 7.60. The quantitative estimate of drug-likeness (QED) is 0.674. The van der Waals surface area contributed by atoms with Crippen LogP contribution in [0.4, 0.5) is 0 Å². The van der Waals surface area contributed by atoms with Crippen molar-refractivity contribution in [3.05, 3.63) is 6.33 Å². The molecule has 0 N–H and O–H groups in total. The normalized spacial score (nSPS) is 18.5. The molecular weight excluding hydrogens is 168 g/mol. The monoisotopic (exact) mass is 180 g/mol. The molecule has 70 valence electrons. The first-order valence-electron chi connectivity index (χ1n) is 4.45. The molecule has 2 rings (SSSR count). The molecule has 0 aliphatic heterocycles. The summed E-state index contributed by atoms with van der Waals surface area (Å²) < 4.78 is 1.67. The van der Waals surface area contributed by atoms with E-state index in [1.54, 1.807) is 17.9 Å². The maximum Gasteiger partial charge on any atom is 0.138 e. The van der Waals surface area contributed by atoms with Crippen LogP contribution in [0.1, 0.15) is 26.2 Å². The minimum absolute atomic E-state index is 0.0358. The molecule has 5 nitrogen and oxygen atoms in total. The van der Waals surface area contributed by atoms with Gasteiger partial charge in [0.1, 0.15) is 12.1 Å². The molecule has 1 aliphatic rings. The van der Waals surface area contributed by atoms with E-state index in [1.165, 1.54) is 0 Å². The van der Waals surface area contributed by atoms with Gasteiger partial charge in [0, 0.05) is 12.0 Å². The molecular formula is C8H12N4O. The van der Waals surface area contributed by atoms with Gasteiger partial charge < -0.3 is 0 Å². The summed E-state index contributed by atoms with van der Waals surface area (Å²) in [4.78, 5) is 11.2. The number of aryl methyl sites for hydroxylation is 1. The number of tetrazole rings is 1. The van der Waals surface area contributed by atoms with Gasteiger partial charge in [0.2, 0.25) is 0 Å². The minimum Gasteiger partial charge on any atom is -0.299 e. The van der Waals surface area contributed by atoms with Gasteiger partial charge in [-0.25, -0.2) is 4.68 Å². The lowest BCUT2D eigenvalue weighted by Gasteiger charge is -2.09. The standard InChI is InChI=1S/C8H12N4O/c1-7(13)8(2-3-8)4-5-12-6-9-10-11-12/h6H,2-5H2,1H3. The lowest BCUT2D eigenvalue weighted by Crippen LogP contribution is -2.15. The average Bonchev–Trinajstić information content (AvgIpc) is 2.73. The number of hydrogen-bond donors (Lipinski definition) is 0. The van der Waals surface area contributed by atoms with Crippen molar-refractivity contribution in [3.63, 3.8) is 0 Å². The van der Waals surface area contributed by atoms with Gasteiger partial charge in [-0.2, -0.15) is 0 Å². The summed E-state index contributed by atoms with van der Waals surface area (Å²) in [5.41, 5.74) is -0.0358. The molecule has 13 heavy (non-hydrogen) atoms. The van der Waals surface area contributed by atoms with Gasteiger partial charge in [0.05, 0.1) is 0 Å². The molecule has 0 aromatic carbocycles. The number of hydrogen-bond acceptors (Lipinski definition) is 4. The molecule has 1 fully saturated rings. The molecule has 0 bridgehead atoms. The number of nitrogens with zero attached hydrogens (tertiary/aromatic N) is 4. The van der Waals surface area contributed by atoms with Crippen LogP contribution >= 0.6 is 0 Å². The van der Waals surface area contributed by atoms with Crippen molar-refractivity contribution in [2.75, 3.05) is 0 Å². The number of aromatic nitrogens is 4. The van der Waals surface area contributed by atoms with E-state index in [-0.39, 0.29) is 5.41 Å². The first-order chi connectivity index (χ1) is 6.23. The van der Waals surface area contributed by atoms with Crippen LogP contribution in [0.15, 0.2) is 6.33 Å². The molecule has 1 aromatic rings. The van der Waals surface area contributed by atoms with E-state index in [1.807, 2.05) is 0 Å². The third kappa shape index (κ3) is 1.59. The van der Waals surface area contributed by atoms with Gasteiger partial charge in [-0.1, -0.05) is 0 Å². The Bertz CT molecular complexity index is 302. The van der Waals surface area contributed by atoms with E-state index in [0.717, 1.165) is 25.8 Å². The van der Waals surface area contributed by atoms with E-state index in [4.69, 9.17) is 0 Å². The molecule has 0 amide bonds. The van der Waals surface area contributed by atoms with Gasteiger partial charge in [-0.05, 0) is 36.6 Å². The first kappa shape index (κ1) is 8.34. The van der Waals surface area contributed by atoms with E-state index >= 15 is 0 Å². The van der Waals surface area contributed by atoms with Crippen LogP contribution in [-0.2, 0) is 11.3 Å². The van der Waals surface area contributed by atoms with Gasteiger partial charge in [0.25, 0.3) is 0 Å². The fourth-order valence-corrected chi connectivity index (χ4v) is 1.54. The van der Waals surface area contributed by atoms with E-state index in [9.17, 15) is 4.79 Å². The lowest BCUT2D eigenvalue weighted by molar-refractivity contribution is -0.122. The second-order valence-corrected chi connectivity index (χ2v) is 3.66. The predicted molar refractivity (Wildman–Crippen MR) is 44.8 cm³/mol. The summed E-state index contributed by atoms with van der Waals surface area (Å²) >= 11 is 0. The first-order valence-corrected chi connectivity index (χ1v) is 4.45. The highest BCUT2D eigenvalue weighted by molar-refractivity contribution is 5.84. The lowest BCUT2D eigenvalue weighted by atomic mass is 9.98. The van der Waals surface area contributed by atoms with Crippen LogP contribution < -0.4 is 0 Å². The van der Waals surface area contributed by atoms with Gasteiger partial charge in [0.15, 0.2) is 0 Å². The van der Waals surface area contributed by atoms with Crippen molar-refractivity contribution in [1.82, 2.24) is 20.2 Å². The van der Waals surface area contributed by atoms with Crippen LogP contribution in [0.25, 0.3) is 0 Å². The largest absolute Gasteiger partial charge is 0.299 e. The SMILES string of the molecule is CC(=O)C1(CCn2cnnn2)CC1. The van der Waals surface area contributed by atoms with Crippen molar-refractivity contribution in [3.8, 4) is 0 Å². The number of ketones is 1. The summed E-state index contributed by atoms with van der Waals surface area (Å²) in [6.45, 7) is 2.42. The number of carbonyl (C=O) groups is 1. The molecule has 1 saturated carbocycles. The fraction of sp³-hybridized carbons (Fsp3) is 0.750. The van der Waals surface area contributed by atoms with Crippen LogP contribution in [0.2, 0.25) is 0 Å². The minimum atomic E-state index is -0.0358. The Hall–Kier alpha value is -1.26. The van der Waals surface area contributed by atoms with Gasteiger partial charge >= 0.3 is 0 Å². The average molecular weight is 180 g/mol. The Kier molecular flexibility index (Phi) is 1.86. The molecule has 1 aliphatic carbocycles. The summed E-state index contributed by atoms with van der Waals surface area (Å²) in [6.07, 6.45) is 4.51. The number of rotatable bonds is 4. The highest BCUT2D eigenvalue weighted by Gasteiger charge is 2.46. The van der Waals surface area contributed by atoms with E-state index in [2.05, 4.69) is 15.5 Å². The highest BCUT2D eigenvalue weighted by atomic mass is 16.1. The zero-order valence-corrected chi connectivity index (χ0v) is 7.60. The van der Waals surface area contributed by atoms with Crippen LogP contribution in [0, 0.1) is 5.41 Å². The maximum absolute atomic E-state index is 11.2. The number of Topliss-reactive ketones (excluding diaryl/α,β-unsaturated/α-hetero) is 1. The Morgan fingerprint density at radius 1 is 1.62 bits per heavy atom. The van der Waals surface area contributed by atoms with Crippen molar-refractivity contribution in [2.45, 2.75) is 32.7 Å². The van der Waals surface area contributed by atoms with Crippen molar-refractivity contribution < 1.29 is 4.79 Å². The Morgan fingerprint density at radius 3 is 2.85 bits per heavy atom. The third-order valence-electron chi connectivity index (χ3n) is 2.81. The molecule has 0 unspecified atom stereocenters. The fourth-order valence-electron chi connectivity index (χ4n) is 1.54. The third-order valence-corrected chi connectivity index (χ3v) is 2.81. The molecule has 5 heteroatoms. The van der Waals surface area contributed by atoms with Crippen LogP contribution in [0.5, 0.6) is 0 Å². The zero-order chi connectivity index (χ0) is 9.31. The molecule has 1 aromatic heterocycles. The van der Waals surface area contributed by atoms with Crippen LogP contribution in [-0.4, -0.2) is 26.0 Å². The van der Waals surface area contributed by atoms with E-state index < -0.39 is 0 Å². The predicted octanol–water partition coefficient (Wildman–Crippen LogP) is 0.432. The summed E-state index contributed by atoms with van der Waals surface area (Å²) in [6, 6.07) is 0. The van der Waals surface area contributed by atoms with Crippen molar-refractivity contribution in [1.29, 1.82) is 0 Å². The van der Waals surface area contributed by atoms with Crippen molar-refractivity contribution >= 4 is 5.78 Å². The molecule has 0 radical (unpaired) electrons. The van der Waals surface area contributed by atoms with Gasteiger partial charge in [-0.3, -0.25) is 4.79 Å². The second kappa shape index (κ2) is 2.90. The second-order valence-electron chi connectivity index (χ2n) is 3.66. The van der Waals surface area contributed by atoms with Gasteiger partial charge in [-0.15, -0.1) is 5.10 Å². The Labute approximate surface area is 76.1 Å². The maximum atomic E-state index is 11.2. The molecule has 0 saturated heterocycles.